The van der Waals surface area contributed by atoms with Gasteiger partial charge < -0.3 is 5.32 Å². The summed E-state index contributed by atoms with van der Waals surface area (Å²) in [6.45, 7) is 2.52. The van der Waals surface area contributed by atoms with Crippen LogP contribution in [0.3, 0.4) is 0 Å². The Kier molecular flexibility index (Phi) is 5.34. The van der Waals surface area contributed by atoms with E-state index in [-0.39, 0.29) is 0 Å². The lowest BCUT2D eigenvalue weighted by molar-refractivity contribution is 0.499. The highest BCUT2D eigenvalue weighted by atomic mass is 32.2. The van der Waals surface area contributed by atoms with Crippen LogP contribution < -0.4 is 5.32 Å². The molecule has 0 aromatic carbocycles. The Bertz CT molecular complexity index is 142. The number of thioether (sulfide) groups is 1. The van der Waals surface area contributed by atoms with Crippen LogP contribution in [0.5, 0.6) is 0 Å². The molecule has 2 heteroatoms. The number of hydrogen-bond acceptors (Lipinski definition) is 2. The summed E-state index contributed by atoms with van der Waals surface area (Å²) in [6, 6.07) is 0. The van der Waals surface area contributed by atoms with E-state index >= 15 is 0 Å². The van der Waals surface area contributed by atoms with Crippen molar-refractivity contribution in [1.29, 1.82) is 0 Å². The van der Waals surface area contributed by atoms with Gasteiger partial charge in [0.2, 0.25) is 0 Å². The third-order valence-corrected chi connectivity index (χ3v) is 5.22. The Labute approximate surface area is 98.8 Å². The van der Waals surface area contributed by atoms with Crippen molar-refractivity contribution in [3.05, 3.63) is 0 Å². The van der Waals surface area contributed by atoms with Crippen molar-refractivity contribution in [2.45, 2.75) is 56.6 Å². The van der Waals surface area contributed by atoms with Crippen molar-refractivity contribution < 1.29 is 0 Å². The summed E-state index contributed by atoms with van der Waals surface area (Å²) in [5.74, 6) is 2.33. The zero-order valence-electron chi connectivity index (χ0n) is 9.84. The highest BCUT2D eigenvalue weighted by Gasteiger charge is 2.15. The maximum absolute atomic E-state index is 3.63. The van der Waals surface area contributed by atoms with Crippen LogP contribution in [0, 0.1) is 5.92 Å². The molecule has 0 saturated heterocycles. The molecule has 1 N–H and O–H groups in total. The fourth-order valence-electron chi connectivity index (χ4n) is 2.87. The first-order valence-electron chi connectivity index (χ1n) is 6.77. The van der Waals surface area contributed by atoms with Gasteiger partial charge in [-0.1, -0.05) is 25.7 Å². The van der Waals surface area contributed by atoms with Crippen molar-refractivity contribution >= 4 is 11.8 Å². The van der Waals surface area contributed by atoms with E-state index < -0.39 is 0 Å². The van der Waals surface area contributed by atoms with Crippen LogP contribution in [0.1, 0.15) is 51.4 Å². The van der Waals surface area contributed by atoms with Crippen molar-refractivity contribution in [2.24, 2.45) is 5.92 Å². The predicted molar refractivity (Wildman–Crippen MR) is 69.5 cm³/mol. The van der Waals surface area contributed by atoms with E-state index in [0.29, 0.717) is 0 Å². The molecule has 1 nitrogen and oxygen atoms in total. The van der Waals surface area contributed by atoms with Crippen LogP contribution in [-0.4, -0.2) is 24.1 Å². The molecule has 0 bridgehead atoms. The van der Waals surface area contributed by atoms with Crippen molar-refractivity contribution in [2.75, 3.05) is 18.8 Å². The molecular formula is C13H25NS. The second-order valence-electron chi connectivity index (χ2n) is 5.13. The van der Waals surface area contributed by atoms with Gasteiger partial charge in [-0.25, -0.2) is 0 Å². The molecule has 88 valence electrons. The minimum Gasteiger partial charge on any atom is -0.316 e. The highest BCUT2D eigenvalue weighted by Crippen LogP contribution is 2.29. The average molecular weight is 227 g/mol. The zero-order valence-corrected chi connectivity index (χ0v) is 10.7. The van der Waals surface area contributed by atoms with E-state index in [4.69, 9.17) is 0 Å². The molecule has 0 atom stereocenters. The lowest BCUT2D eigenvalue weighted by Gasteiger charge is -2.12. The van der Waals surface area contributed by atoms with Gasteiger partial charge in [-0.15, -0.1) is 0 Å². The SMILES string of the molecule is C1CCC(CNCCSC2CCCC2)C1. The molecule has 2 saturated carbocycles. The smallest absolute Gasteiger partial charge is 0.00608 e. The summed E-state index contributed by atoms with van der Waals surface area (Å²) < 4.78 is 0. The first kappa shape index (κ1) is 11.8. The molecule has 2 aliphatic rings. The van der Waals surface area contributed by atoms with Gasteiger partial charge in [0.1, 0.15) is 0 Å². The maximum atomic E-state index is 3.63. The fourth-order valence-corrected chi connectivity index (χ4v) is 4.14. The molecule has 0 aromatic heterocycles. The Morgan fingerprint density at radius 1 is 0.933 bits per heavy atom. The Hall–Kier alpha value is 0.310. The van der Waals surface area contributed by atoms with Crippen molar-refractivity contribution in [3.63, 3.8) is 0 Å². The molecule has 0 aliphatic heterocycles. The quantitative estimate of drug-likeness (QED) is 0.698. The molecular weight excluding hydrogens is 202 g/mol. The van der Waals surface area contributed by atoms with Gasteiger partial charge in [0.25, 0.3) is 0 Å². The monoisotopic (exact) mass is 227 g/mol. The first-order chi connectivity index (χ1) is 7.45. The van der Waals surface area contributed by atoms with Gasteiger partial charge in [0.15, 0.2) is 0 Å². The van der Waals surface area contributed by atoms with Crippen LogP contribution in [0.2, 0.25) is 0 Å². The van der Waals surface area contributed by atoms with E-state index in [0.717, 1.165) is 11.2 Å². The van der Waals surface area contributed by atoms with Gasteiger partial charge in [0.05, 0.1) is 0 Å². The Morgan fingerprint density at radius 3 is 2.33 bits per heavy atom. The van der Waals surface area contributed by atoms with Gasteiger partial charge in [-0.2, -0.15) is 11.8 Å². The predicted octanol–water partition coefficient (Wildman–Crippen LogP) is 3.44. The third kappa shape index (κ3) is 4.36. The topological polar surface area (TPSA) is 12.0 Å². The molecule has 15 heavy (non-hydrogen) atoms. The average Bonchev–Trinajstić information content (AvgIpc) is 2.88. The first-order valence-corrected chi connectivity index (χ1v) is 7.82. The molecule has 0 heterocycles. The van der Waals surface area contributed by atoms with E-state index in [9.17, 15) is 0 Å². The van der Waals surface area contributed by atoms with Gasteiger partial charge in [-0.05, 0) is 38.1 Å². The van der Waals surface area contributed by atoms with Crippen molar-refractivity contribution in [1.82, 2.24) is 5.32 Å². The lowest BCUT2D eigenvalue weighted by Crippen LogP contribution is -2.24. The summed E-state index contributed by atoms with van der Waals surface area (Å²) in [7, 11) is 0. The number of nitrogens with one attached hydrogen (secondary N) is 1. The molecule has 2 rings (SSSR count). The van der Waals surface area contributed by atoms with Gasteiger partial charge in [-0.3, -0.25) is 0 Å². The maximum Gasteiger partial charge on any atom is 0.00608 e. The van der Waals surface area contributed by atoms with Crippen LogP contribution in [0.4, 0.5) is 0 Å². The minimum absolute atomic E-state index is 0.998. The Balaban J connectivity index is 1.41. The largest absolute Gasteiger partial charge is 0.316 e. The summed E-state index contributed by atoms with van der Waals surface area (Å²) in [5, 5.41) is 4.63. The summed E-state index contributed by atoms with van der Waals surface area (Å²) in [4.78, 5) is 0. The van der Waals surface area contributed by atoms with Crippen LogP contribution in [-0.2, 0) is 0 Å². The second-order valence-corrected chi connectivity index (χ2v) is 6.54. The van der Waals surface area contributed by atoms with Crippen LogP contribution in [0.25, 0.3) is 0 Å². The fraction of sp³-hybridized carbons (Fsp3) is 1.00. The van der Waals surface area contributed by atoms with E-state index in [2.05, 4.69) is 17.1 Å². The Morgan fingerprint density at radius 2 is 1.60 bits per heavy atom. The summed E-state index contributed by atoms with van der Waals surface area (Å²) in [5.41, 5.74) is 0. The summed E-state index contributed by atoms with van der Waals surface area (Å²) in [6.07, 6.45) is 11.8. The van der Waals surface area contributed by atoms with E-state index in [1.165, 1.54) is 70.2 Å². The van der Waals surface area contributed by atoms with Crippen molar-refractivity contribution in [3.8, 4) is 0 Å². The third-order valence-electron chi connectivity index (χ3n) is 3.84. The minimum atomic E-state index is 0.998. The zero-order chi connectivity index (χ0) is 10.3. The van der Waals surface area contributed by atoms with E-state index in [1.54, 1.807) is 0 Å². The molecule has 0 spiro atoms. The second kappa shape index (κ2) is 6.80. The number of rotatable bonds is 6. The van der Waals surface area contributed by atoms with Gasteiger partial charge >= 0.3 is 0 Å². The molecule has 2 fully saturated rings. The molecule has 2 aliphatic carbocycles. The molecule has 0 radical (unpaired) electrons. The number of hydrogen-bond donors (Lipinski definition) is 1. The standard InChI is InChI=1S/C13H25NS/c1-2-6-12(5-1)11-14-9-10-15-13-7-3-4-8-13/h12-14H,1-11H2. The normalized spacial score (nSPS) is 24.0. The lowest BCUT2D eigenvalue weighted by atomic mass is 10.1. The highest BCUT2D eigenvalue weighted by molar-refractivity contribution is 7.99. The van der Waals surface area contributed by atoms with Gasteiger partial charge in [0, 0.05) is 17.5 Å². The van der Waals surface area contributed by atoms with Crippen LogP contribution in [0.15, 0.2) is 0 Å². The summed E-state index contributed by atoms with van der Waals surface area (Å²) >= 11 is 2.20. The molecule has 0 unspecified atom stereocenters. The molecule has 0 aromatic rings. The van der Waals surface area contributed by atoms with Crippen LogP contribution >= 0.6 is 11.8 Å². The molecule has 0 amide bonds. The van der Waals surface area contributed by atoms with E-state index in [1.807, 2.05) is 0 Å².